The van der Waals surface area contributed by atoms with Gasteiger partial charge in [-0.3, -0.25) is 9.69 Å². The molecule has 2 saturated heterocycles. The molecule has 126 valence electrons. The number of carbonyl (C=O) groups excluding carboxylic acids is 1. The lowest BCUT2D eigenvalue weighted by atomic mass is 9.95. The first-order valence-electron chi connectivity index (χ1n) is 9.06. The Morgan fingerprint density at radius 1 is 1.09 bits per heavy atom. The summed E-state index contributed by atoms with van der Waals surface area (Å²) in [5.74, 6) is 1.40. The number of rotatable bonds is 4. The van der Waals surface area contributed by atoms with Crippen molar-refractivity contribution in [3.63, 3.8) is 0 Å². The maximum absolute atomic E-state index is 12.6. The minimum absolute atomic E-state index is 0.248. The zero-order valence-corrected chi connectivity index (χ0v) is 13.7. The van der Waals surface area contributed by atoms with Gasteiger partial charge in [-0.25, -0.2) is 0 Å². The third-order valence-electron chi connectivity index (χ3n) is 5.65. The number of ether oxygens (including phenoxy) is 1. The zero-order valence-electron chi connectivity index (χ0n) is 13.7. The third kappa shape index (κ3) is 4.21. The summed E-state index contributed by atoms with van der Waals surface area (Å²) in [5.41, 5.74) is 6.12. The highest BCUT2D eigenvalue weighted by molar-refractivity contribution is 5.76. The molecule has 5 nitrogen and oxygen atoms in total. The maximum Gasteiger partial charge on any atom is 0.222 e. The Kier molecular flexibility index (Phi) is 5.71. The summed E-state index contributed by atoms with van der Waals surface area (Å²) in [7, 11) is 0. The van der Waals surface area contributed by atoms with Crippen LogP contribution in [0.25, 0.3) is 0 Å². The average Bonchev–Trinajstić information content (AvgIpc) is 2.94. The van der Waals surface area contributed by atoms with Gasteiger partial charge in [-0.05, 0) is 37.5 Å². The number of carbonyl (C=O) groups is 1. The Morgan fingerprint density at radius 3 is 2.64 bits per heavy atom. The van der Waals surface area contributed by atoms with E-state index >= 15 is 0 Å². The number of piperidine rings is 1. The minimum Gasteiger partial charge on any atom is -0.379 e. The Morgan fingerprint density at radius 2 is 1.91 bits per heavy atom. The van der Waals surface area contributed by atoms with Crippen LogP contribution < -0.4 is 5.73 Å². The van der Waals surface area contributed by atoms with Crippen molar-refractivity contribution in [1.82, 2.24) is 9.80 Å². The van der Waals surface area contributed by atoms with E-state index in [1.165, 1.54) is 12.8 Å². The van der Waals surface area contributed by atoms with E-state index in [4.69, 9.17) is 10.5 Å². The van der Waals surface area contributed by atoms with Crippen LogP contribution in [-0.4, -0.2) is 67.7 Å². The van der Waals surface area contributed by atoms with Crippen LogP contribution in [0, 0.1) is 11.8 Å². The molecule has 2 heterocycles. The second-order valence-corrected chi connectivity index (χ2v) is 7.32. The normalized spacial score (nSPS) is 34.0. The van der Waals surface area contributed by atoms with Gasteiger partial charge >= 0.3 is 0 Å². The lowest BCUT2D eigenvalue weighted by Crippen LogP contribution is -2.46. The predicted molar refractivity (Wildman–Crippen MR) is 86.5 cm³/mol. The smallest absolute Gasteiger partial charge is 0.222 e. The van der Waals surface area contributed by atoms with Gasteiger partial charge in [0.05, 0.1) is 13.2 Å². The molecule has 3 fully saturated rings. The van der Waals surface area contributed by atoms with Crippen molar-refractivity contribution >= 4 is 5.91 Å². The van der Waals surface area contributed by atoms with Gasteiger partial charge in [0.2, 0.25) is 5.91 Å². The number of amides is 1. The van der Waals surface area contributed by atoms with Gasteiger partial charge in [-0.2, -0.15) is 0 Å². The van der Waals surface area contributed by atoms with E-state index < -0.39 is 0 Å². The average molecular weight is 309 g/mol. The van der Waals surface area contributed by atoms with E-state index in [1.54, 1.807) is 0 Å². The van der Waals surface area contributed by atoms with Crippen molar-refractivity contribution in [2.24, 2.45) is 17.6 Å². The van der Waals surface area contributed by atoms with Crippen LogP contribution in [0.15, 0.2) is 0 Å². The fourth-order valence-corrected chi connectivity index (χ4v) is 4.26. The number of likely N-dealkylation sites (tertiary alicyclic amines) is 1. The number of hydrogen-bond acceptors (Lipinski definition) is 4. The van der Waals surface area contributed by atoms with Crippen molar-refractivity contribution in [3.8, 4) is 0 Å². The molecular weight excluding hydrogens is 278 g/mol. The first-order valence-corrected chi connectivity index (χ1v) is 9.06. The highest BCUT2D eigenvalue weighted by atomic mass is 16.5. The van der Waals surface area contributed by atoms with E-state index in [0.29, 0.717) is 24.2 Å². The first-order chi connectivity index (χ1) is 10.7. The molecule has 1 saturated carbocycles. The monoisotopic (exact) mass is 309 g/mol. The number of hydrogen-bond donors (Lipinski definition) is 1. The highest BCUT2D eigenvalue weighted by Crippen LogP contribution is 2.28. The molecule has 3 rings (SSSR count). The summed E-state index contributed by atoms with van der Waals surface area (Å²) in [6.07, 6.45) is 6.50. The number of nitrogens with zero attached hydrogens (tertiary/aromatic N) is 2. The van der Waals surface area contributed by atoms with E-state index in [-0.39, 0.29) is 6.04 Å². The molecule has 2 aliphatic heterocycles. The second-order valence-electron chi connectivity index (χ2n) is 7.32. The lowest BCUT2D eigenvalue weighted by molar-refractivity contribution is -0.134. The van der Waals surface area contributed by atoms with Gasteiger partial charge in [0.25, 0.3) is 0 Å². The van der Waals surface area contributed by atoms with Crippen molar-refractivity contribution in [1.29, 1.82) is 0 Å². The molecule has 0 radical (unpaired) electrons. The molecule has 1 amide bonds. The molecule has 0 spiro atoms. The molecule has 2 N–H and O–H groups in total. The standard InChI is InChI=1S/C17H31N3O2/c18-16-5-1-4-15(16)11-17(21)20-6-2-3-14(13-20)12-19-7-9-22-10-8-19/h14-16H,1-13,18H2/t14?,15-,16+/m0/s1. The molecule has 3 aliphatic rings. The van der Waals surface area contributed by atoms with Crippen molar-refractivity contribution < 1.29 is 9.53 Å². The van der Waals surface area contributed by atoms with Gasteiger partial charge in [-0.1, -0.05) is 6.42 Å². The van der Waals surface area contributed by atoms with Gasteiger partial charge in [0, 0.05) is 45.2 Å². The first kappa shape index (κ1) is 16.2. The van der Waals surface area contributed by atoms with Crippen LogP contribution in [0.5, 0.6) is 0 Å². The van der Waals surface area contributed by atoms with Gasteiger partial charge in [0.15, 0.2) is 0 Å². The highest BCUT2D eigenvalue weighted by Gasteiger charge is 2.30. The Hall–Kier alpha value is -0.650. The zero-order chi connectivity index (χ0) is 15.4. The van der Waals surface area contributed by atoms with Crippen molar-refractivity contribution in [2.45, 2.75) is 44.6 Å². The molecule has 0 aromatic rings. The summed E-state index contributed by atoms with van der Waals surface area (Å²) in [5, 5.41) is 0. The summed E-state index contributed by atoms with van der Waals surface area (Å²) in [4.78, 5) is 17.2. The number of nitrogens with two attached hydrogens (primary N) is 1. The molecule has 0 aromatic carbocycles. The predicted octanol–water partition coefficient (Wildman–Crippen LogP) is 1.07. The Bertz CT molecular complexity index is 371. The topological polar surface area (TPSA) is 58.8 Å². The molecule has 1 aliphatic carbocycles. The van der Waals surface area contributed by atoms with Crippen LogP contribution in [0.2, 0.25) is 0 Å². The van der Waals surface area contributed by atoms with Gasteiger partial charge < -0.3 is 15.4 Å². The van der Waals surface area contributed by atoms with E-state index in [0.717, 1.165) is 65.2 Å². The van der Waals surface area contributed by atoms with Crippen LogP contribution in [-0.2, 0) is 9.53 Å². The van der Waals surface area contributed by atoms with Crippen LogP contribution >= 0.6 is 0 Å². The molecule has 0 bridgehead atoms. The Balaban J connectivity index is 1.46. The van der Waals surface area contributed by atoms with E-state index in [2.05, 4.69) is 9.80 Å². The van der Waals surface area contributed by atoms with E-state index in [1.807, 2.05) is 0 Å². The maximum atomic E-state index is 12.6. The fraction of sp³-hybridized carbons (Fsp3) is 0.941. The summed E-state index contributed by atoms with van der Waals surface area (Å²) < 4.78 is 5.41. The minimum atomic E-state index is 0.248. The SMILES string of the molecule is N[C@@H]1CCC[C@H]1CC(=O)N1CCCC(CN2CCOCC2)C1. The Labute approximate surface area is 134 Å². The molecule has 5 heteroatoms. The summed E-state index contributed by atoms with van der Waals surface area (Å²) >= 11 is 0. The molecule has 0 aromatic heterocycles. The van der Waals surface area contributed by atoms with Crippen molar-refractivity contribution in [2.75, 3.05) is 45.9 Å². The lowest BCUT2D eigenvalue weighted by Gasteiger charge is -2.37. The quantitative estimate of drug-likeness (QED) is 0.844. The third-order valence-corrected chi connectivity index (χ3v) is 5.65. The molecule has 22 heavy (non-hydrogen) atoms. The van der Waals surface area contributed by atoms with Gasteiger partial charge in [-0.15, -0.1) is 0 Å². The molecular formula is C17H31N3O2. The number of morpholine rings is 1. The largest absolute Gasteiger partial charge is 0.379 e. The summed E-state index contributed by atoms with van der Waals surface area (Å²) in [6.45, 7) is 6.81. The van der Waals surface area contributed by atoms with Crippen LogP contribution in [0.1, 0.15) is 38.5 Å². The van der Waals surface area contributed by atoms with Crippen molar-refractivity contribution in [3.05, 3.63) is 0 Å². The molecule has 3 atom stereocenters. The van der Waals surface area contributed by atoms with E-state index in [9.17, 15) is 4.79 Å². The van der Waals surface area contributed by atoms with Crippen LogP contribution in [0.4, 0.5) is 0 Å². The molecule has 1 unspecified atom stereocenters. The van der Waals surface area contributed by atoms with Gasteiger partial charge in [0.1, 0.15) is 0 Å². The van der Waals surface area contributed by atoms with Crippen LogP contribution in [0.3, 0.4) is 0 Å². The fourth-order valence-electron chi connectivity index (χ4n) is 4.26. The summed E-state index contributed by atoms with van der Waals surface area (Å²) in [6, 6.07) is 0.248. The second kappa shape index (κ2) is 7.75.